The highest BCUT2D eigenvalue weighted by Gasteiger charge is 2.39. The van der Waals surface area contributed by atoms with Crippen molar-refractivity contribution in [3.63, 3.8) is 0 Å². The van der Waals surface area contributed by atoms with Gasteiger partial charge in [0.2, 0.25) is 0 Å². The molecule has 2 unspecified atom stereocenters. The molecule has 0 aliphatic heterocycles. The van der Waals surface area contributed by atoms with Crippen LogP contribution in [0.25, 0.3) is 0 Å². The molecule has 198 valence electrons. The molecule has 37 heavy (non-hydrogen) atoms. The van der Waals surface area contributed by atoms with Crippen molar-refractivity contribution in [3.05, 3.63) is 88.7 Å². The molecule has 5 nitrogen and oxygen atoms in total. The van der Waals surface area contributed by atoms with Crippen LogP contribution in [0.5, 0.6) is 11.5 Å². The number of methoxy groups -OCH3 is 2. The first-order valence-electron chi connectivity index (χ1n) is 13.0. The summed E-state index contributed by atoms with van der Waals surface area (Å²) in [5.41, 5.74) is 2.02. The number of benzene rings is 3. The van der Waals surface area contributed by atoms with Crippen LogP contribution in [0.3, 0.4) is 0 Å². The average molecular weight is 508 g/mol. The SMILES string of the molecule is CCC(C)(CCNc1cc(OC)c(C2(O)CCCc3cc(OCc4ccccc4)ccc32)cc1F)OC. The van der Waals surface area contributed by atoms with Crippen LogP contribution in [0, 0.1) is 5.82 Å². The zero-order valence-electron chi connectivity index (χ0n) is 22.3. The molecule has 0 fully saturated rings. The van der Waals surface area contributed by atoms with Crippen LogP contribution in [0.1, 0.15) is 61.8 Å². The van der Waals surface area contributed by atoms with Gasteiger partial charge in [0, 0.05) is 25.3 Å². The summed E-state index contributed by atoms with van der Waals surface area (Å²) in [7, 11) is 3.25. The lowest BCUT2D eigenvalue weighted by Gasteiger charge is -2.36. The van der Waals surface area contributed by atoms with Gasteiger partial charge in [-0.05, 0) is 73.9 Å². The highest BCUT2D eigenvalue weighted by atomic mass is 19.1. The molecule has 0 saturated carbocycles. The van der Waals surface area contributed by atoms with Crippen molar-refractivity contribution < 1.29 is 23.7 Å². The van der Waals surface area contributed by atoms with Gasteiger partial charge in [0.15, 0.2) is 0 Å². The maximum atomic E-state index is 15.3. The standard InChI is InChI=1S/C31H38FNO4/c1-5-30(2,36-4)16-17-33-28-20-29(35-3)26(19-27(28)32)31(34)15-9-12-23-18-24(13-14-25(23)31)37-21-22-10-7-6-8-11-22/h6-8,10-11,13-14,18-20,33-34H,5,9,12,15-17,21H2,1-4H3. The predicted octanol–water partition coefficient (Wildman–Crippen LogP) is 6.60. The Hall–Kier alpha value is -3.09. The minimum atomic E-state index is -1.35. The quantitative estimate of drug-likeness (QED) is 0.306. The number of aryl methyl sites for hydroxylation is 1. The second kappa shape index (κ2) is 11.5. The van der Waals surface area contributed by atoms with Crippen LogP contribution in [0.4, 0.5) is 10.1 Å². The maximum absolute atomic E-state index is 15.3. The molecule has 3 aromatic carbocycles. The van der Waals surface area contributed by atoms with Crippen LogP contribution < -0.4 is 14.8 Å². The molecular formula is C31H38FNO4. The van der Waals surface area contributed by atoms with Gasteiger partial charge in [-0.2, -0.15) is 0 Å². The molecule has 0 saturated heterocycles. The van der Waals surface area contributed by atoms with Crippen molar-refractivity contribution in [2.45, 2.75) is 63.8 Å². The van der Waals surface area contributed by atoms with Gasteiger partial charge in [-0.15, -0.1) is 0 Å². The molecule has 0 heterocycles. The van der Waals surface area contributed by atoms with Gasteiger partial charge in [0.1, 0.15) is 29.5 Å². The van der Waals surface area contributed by atoms with E-state index in [1.807, 2.05) is 55.5 Å². The highest BCUT2D eigenvalue weighted by Crippen LogP contribution is 2.46. The molecule has 0 radical (unpaired) electrons. The van der Waals surface area contributed by atoms with Crippen LogP contribution >= 0.6 is 0 Å². The van der Waals surface area contributed by atoms with E-state index in [1.54, 1.807) is 20.3 Å². The van der Waals surface area contributed by atoms with Crippen LogP contribution in [0.2, 0.25) is 0 Å². The van der Waals surface area contributed by atoms with Gasteiger partial charge in [-0.25, -0.2) is 4.39 Å². The number of fused-ring (bicyclic) bond motifs is 1. The molecule has 0 bridgehead atoms. The van der Waals surface area contributed by atoms with Crippen molar-refractivity contribution >= 4 is 5.69 Å². The van der Waals surface area contributed by atoms with Crippen molar-refractivity contribution in [2.24, 2.45) is 0 Å². The summed E-state index contributed by atoms with van der Waals surface area (Å²) >= 11 is 0. The first-order valence-corrected chi connectivity index (χ1v) is 13.0. The first-order chi connectivity index (χ1) is 17.8. The summed E-state index contributed by atoms with van der Waals surface area (Å²) in [5, 5.41) is 15.1. The van der Waals surface area contributed by atoms with Crippen molar-refractivity contribution in [3.8, 4) is 11.5 Å². The molecule has 6 heteroatoms. The Labute approximate surface area is 219 Å². The Morgan fingerprint density at radius 3 is 2.54 bits per heavy atom. The number of halogens is 1. The molecule has 1 aliphatic carbocycles. The molecule has 4 rings (SSSR count). The molecule has 1 aliphatic rings. The third kappa shape index (κ3) is 5.91. The zero-order valence-corrected chi connectivity index (χ0v) is 22.3. The lowest BCUT2D eigenvalue weighted by Crippen LogP contribution is -2.32. The molecule has 3 aromatic rings. The van der Waals surface area contributed by atoms with Crippen LogP contribution in [0.15, 0.2) is 60.7 Å². The minimum absolute atomic E-state index is 0.266. The molecule has 0 spiro atoms. The summed E-state index contributed by atoms with van der Waals surface area (Å²) in [6, 6.07) is 18.8. The Kier molecular flexibility index (Phi) is 8.40. The Bertz CT molecular complexity index is 1200. The molecule has 2 atom stereocenters. The molecule has 0 amide bonds. The fourth-order valence-electron chi connectivity index (χ4n) is 5.03. The van der Waals surface area contributed by atoms with Gasteiger partial charge in [-0.3, -0.25) is 0 Å². The zero-order chi connectivity index (χ0) is 26.5. The lowest BCUT2D eigenvalue weighted by atomic mass is 9.74. The van der Waals surface area contributed by atoms with E-state index in [0.717, 1.165) is 48.1 Å². The third-order valence-electron chi connectivity index (χ3n) is 7.70. The average Bonchev–Trinajstić information content (AvgIpc) is 2.93. The number of anilines is 1. The predicted molar refractivity (Wildman–Crippen MR) is 145 cm³/mol. The van der Waals surface area contributed by atoms with Crippen molar-refractivity contribution in [1.82, 2.24) is 0 Å². The van der Waals surface area contributed by atoms with E-state index in [1.165, 1.54) is 6.07 Å². The number of aliphatic hydroxyl groups is 1. The Morgan fingerprint density at radius 1 is 1.05 bits per heavy atom. The molecule has 0 aromatic heterocycles. The van der Waals surface area contributed by atoms with Crippen LogP contribution in [-0.2, 0) is 23.4 Å². The normalized spacial score (nSPS) is 18.5. The summed E-state index contributed by atoms with van der Waals surface area (Å²) < 4.78 is 32.6. The van der Waals surface area contributed by atoms with Crippen molar-refractivity contribution in [1.29, 1.82) is 0 Å². The minimum Gasteiger partial charge on any atom is -0.496 e. The topological polar surface area (TPSA) is 60.0 Å². The summed E-state index contributed by atoms with van der Waals surface area (Å²) in [6.07, 6.45) is 3.66. The smallest absolute Gasteiger partial charge is 0.146 e. The number of hydrogen-bond donors (Lipinski definition) is 2. The monoisotopic (exact) mass is 507 g/mol. The second-order valence-electron chi connectivity index (χ2n) is 10.0. The number of rotatable bonds is 11. The fourth-order valence-corrected chi connectivity index (χ4v) is 5.03. The Morgan fingerprint density at radius 2 is 1.84 bits per heavy atom. The van der Waals surface area contributed by atoms with E-state index in [-0.39, 0.29) is 5.60 Å². The fraction of sp³-hybridized carbons (Fsp3) is 0.419. The van der Waals surface area contributed by atoms with E-state index in [4.69, 9.17) is 14.2 Å². The van der Waals surface area contributed by atoms with Crippen LogP contribution in [-0.4, -0.2) is 31.5 Å². The third-order valence-corrected chi connectivity index (χ3v) is 7.70. The van der Waals surface area contributed by atoms with E-state index >= 15 is 4.39 Å². The molecular weight excluding hydrogens is 469 g/mol. The number of nitrogens with one attached hydrogen (secondary N) is 1. The number of ether oxygens (including phenoxy) is 3. The van der Waals surface area contributed by atoms with E-state index in [2.05, 4.69) is 12.2 Å². The maximum Gasteiger partial charge on any atom is 0.146 e. The summed E-state index contributed by atoms with van der Waals surface area (Å²) in [4.78, 5) is 0. The van der Waals surface area contributed by atoms with Gasteiger partial charge < -0.3 is 24.6 Å². The van der Waals surface area contributed by atoms with E-state index < -0.39 is 11.4 Å². The number of hydrogen-bond acceptors (Lipinski definition) is 5. The Balaban J connectivity index is 1.57. The van der Waals surface area contributed by atoms with Gasteiger partial charge in [0.25, 0.3) is 0 Å². The van der Waals surface area contributed by atoms with E-state index in [9.17, 15) is 5.11 Å². The van der Waals surface area contributed by atoms with E-state index in [0.29, 0.717) is 36.6 Å². The first kappa shape index (κ1) is 27.0. The second-order valence-corrected chi connectivity index (χ2v) is 10.0. The summed E-state index contributed by atoms with van der Waals surface area (Å²) in [6.45, 7) is 5.14. The lowest BCUT2D eigenvalue weighted by molar-refractivity contribution is -0.00133. The van der Waals surface area contributed by atoms with Gasteiger partial charge in [0.05, 0.1) is 18.4 Å². The van der Waals surface area contributed by atoms with Crippen molar-refractivity contribution in [2.75, 3.05) is 26.1 Å². The van der Waals surface area contributed by atoms with Gasteiger partial charge >= 0.3 is 0 Å². The molecule has 2 N–H and O–H groups in total. The van der Waals surface area contributed by atoms with Gasteiger partial charge in [-0.1, -0.05) is 43.3 Å². The largest absolute Gasteiger partial charge is 0.496 e. The summed E-state index contributed by atoms with van der Waals surface area (Å²) in [5.74, 6) is 0.781. The highest BCUT2D eigenvalue weighted by molar-refractivity contribution is 5.58.